The zero-order valence-electron chi connectivity index (χ0n) is 20.7. The molecule has 4 N–H and O–H groups in total. The SMILES string of the molecule is CC(C)C(NC(=O)Cc1cc(-c2ccccc2)[nH]c(=O)c1NC(=O)OCc1ccccc1)C(O)C(F)(F)F. The Labute approximate surface area is 216 Å². The van der Waals surface area contributed by atoms with Crippen molar-refractivity contribution in [3.8, 4) is 11.3 Å². The summed E-state index contributed by atoms with van der Waals surface area (Å²) in [5, 5.41) is 14.3. The number of carbonyl (C=O) groups is 2. The molecule has 0 saturated heterocycles. The molecule has 3 aromatic rings. The number of amides is 2. The van der Waals surface area contributed by atoms with Crippen LogP contribution in [0.1, 0.15) is 25.0 Å². The number of anilines is 1. The van der Waals surface area contributed by atoms with Crippen molar-refractivity contribution >= 4 is 17.7 Å². The van der Waals surface area contributed by atoms with Gasteiger partial charge < -0.3 is 20.1 Å². The average molecular weight is 532 g/mol. The second-order valence-electron chi connectivity index (χ2n) is 8.97. The Hall–Kier alpha value is -4.12. The van der Waals surface area contributed by atoms with Crippen LogP contribution in [0.3, 0.4) is 0 Å². The van der Waals surface area contributed by atoms with Gasteiger partial charge in [0.15, 0.2) is 6.10 Å². The molecule has 0 bridgehead atoms. The van der Waals surface area contributed by atoms with E-state index in [1.807, 2.05) is 0 Å². The summed E-state index contributed by atoms with van der Waals surface area (Å²) in [6, 6.07) is 17.3. The summed E-state index contributed by atoms with van der Waals surface area (Å²) < 4.78 is 44.5. The van der Waals surface area contributed by atoms with E-state index in [2.05, 4.69) is 15.6 Å². The van der Waals surface area contributed by atoms with Gasteiger partial charge in [-0.1, -0.05) is 74.5 Å². The van der Waals surface area contributed by atoms with Crippen molar-refractivity contribution in [1.29, 1.82) is 0 Å². The van der Waals surface area contributed by atoms with Crippen molar-refractivity contribution < 1.29 is 32.6 Å². The molecule has 0 fully saturated rings. The molecule has 0 aliphatic carbocycles. The number of H-pyrrole nitrogens is 1. The van der Waals surface area contributed by atoms with Crippen molar-refractivity contribution in [3.63, 3.8) is 0 Å². The molecule has 0 aliphatic heterocycles. The van der Waals surface area contributed by atoms with E-state index in [4.69, 9.17) is 4.74 Å². The standard InChI is InChI=1S/C27H28F3N3O5/c1-16(2)22(24(35)27(28,29)30)32-21(34)14-19-13-20(18-11-7-4-8-12-18)31-25(36)23(19)33-26(37)38-15-17-9-5-3-6-10-17/h3-13,16,22,24,35H,14-15H2,1-2H3,(H,31,36)(H,32,34)(H,33,37). The minimum atomic E-state index is -4.94. The molecule has 2 aromatic carbocycles. The predicted octanol–water partition coefficient (Wildman–Crippen LogP) is 4.40. The Balaban J connectivity index is 1.87. The van der Waals surface area contributed by atoms with Crippen molar-refractivity contribution in [3.05, 3.63) is 88.2 Å². The summed E-state index contributed by atoms with van der Waals surface area (Å²) >= 11 is 0. The van der Waals surface area contributed by atoms with E-state index < -0.39 is 48.2 Å². The number of ether oxygens (including phenoxy) is 1. The van der Waals surface area contributed by atoms with Crippen molar-refractivity contribution in [2.75, 3.05) is 5.32 Å². The zero-order valence-corrected chi connectivity index (χ0v) is 20.7. The molecule has 0 aliphatic rings. The number of aliphatic hydroxyl groups is 1. The number of hydrogen-bond donors (Lipinski definition) is 4. The number of benzene rings is 2. The van der Waals surface area contributed by atoms with Crippen LogP contribution in [-0.2, 0) is 22.6 Å². The summed E-state index contributed by atoms with van der Waals surface area (Å²) in [6.07, 6.45) is -9.23. The molecule has 3 rings (SSSR count). The first-order valence-electron chi connectivity index (χ1n) is 11.8. The monoisotopic (exact) mass is 531 g/mol. The molecule has 0 radical (unpaired) electrons. The lowest BCUT2D eigenvalue weighted by atomic mass is 9.97. The van der Waals surface area contributed by atoms with Crippen LogP contribution in [0.2, 0.25) is 0 Å². The van der Waals surface area contributed by atoms with Crippen LogP contribution in [0, 0.1) is 5.92 Å². The molecule has 1 aromatic heterocycles. The first-order chi connectivity index (χ1) is 18.0. The maximum atomic E-state index is 13.1. The number of carbonyl (C=O) groups excluding carboxylic acids is 2. The number of aromatic nitrogens is 1. The molecule has 11 heteroatoms. The van der Waals surface area contributed by atoms with Gasteiger partial charge in [0.05, 0.1) is 12.5 Å². The maximum Gasteiger partial charge on any atom is 0.416 e. The minimum absolute atomic E-state index is 0.0470. The number of alkyl halides is 3. The van der Waals surface area contributed by atoms with Gasteiger partial charge in [0.2, 0.25) is 5.91 Å². The summed E-state index contributed by atoms with van der Waals surface area (Å²) in [5.41, 5.74) is 0.676. The van der Waals surface area contributed by atoms with Gasteiger partial charge in [-0.25, -0.2) is 4.79 Å². The Kier molecular flexibility index (Phi) is 9.30. The number of nitrogens with one attached hydrogen (secondary N) is 3. The number of hydrogen-bond acceptors (Lipinski definition) is 5. The minimum Gasteiger partial charge on any atom is -0.444 e. The summed E-state index contributed by atoms with van der Waals surface area (Å²) in [4.78, 5) is 40.9. The van der Waals surface area contributed by atoms with Gasteiger partial charge in [-0.05, 0) is 28.7 Å². The molecule has 0 spiro atoms. The van der Waals surface area contributed by atoms with Crippen LogP contribution in [-0.4, -0.2) is 40.4 Å². The van der Waals surface area contributed by atoms with E-state index in [0.29, 0.717) is 16.8 Å². The lowest BCUT2D eigenvalue weighted by molar-refractivity contribution is -0.215. The van der Waals surface area contributed by atoms with Gasteiger partial charge in [0, 0.05) is 5.69 Å². The van der Waals surface area contributed by atoms with E-state index in [9.17, 15) is 32.7 Å². The highest BCUT2D eigenvalue weighted by molar-refractivity contribution is 5.88. The first kappa shape index (κ1) is 28.5. The van der Waals surface area contributed by atoms with Crippen molar-refractivity contribution in [2.45, 2.75) is 45.2 Å². The van der Waals surface area contributed by atoms with Gasteiger partial charge in [-0.3, -0.25) is 14.9 Å². The van der Waals surface area contributed by atoms with Crippen LogP contribution in [0.15, 0.2) is 71.5 Å². The first-order valence-corrected chi connectivity index (χ1v) is 11.8. The Morgan fingerprint density at radius 1 is 1.03 bits per heavy atom. The van der Waals surface area contributed by atoms with Crippen LogP contribution >= 0.6 is 0 Å². The molecule has 202 valence electrons. The molecule has 38 heavy (non-hydrogen) atoms. The highest BCUT2D eigenvalue weighted by Crippen LogP contribution is 2.26. The second-order valence-corrected chi connectivity index (χ2v) is 8.97. The van der Waals surface area contributed by atoms with Crippen molar-refractivity contribution in [1.82, 2.24) is 10.3 Å². The topological polar surface area (TPSA) is 121 Å². The molecule has 8 nitrogen and oxygen atoms in total. The fourth-order valence-electron chi connectivity index (χ4n) is 3.75. The van der Waals surface area contributed by atoms with Crippen LogP contribution in [0.5, 0.6) is 0 Å². The number of pyridine rings is 1. The Morgan fingerprint density at radius 3 is 2.21 bits per heavy atom. The lowest BCUT2D eigenvalue weighted by Crippen LogP contribution is -2.53. The van der Waals surface area contributed by atoms with Gasteiger partial charge in [0.25, 0.3) is 5.56 Å². The van der Waals surface area contributed by atoms with E-state index in [1.54, 1.807) is 60.7 Å². The normalized spacial score (nSPS) is 13.0. The van der Waals surface area contributed by atoms with Gasteiger partial charge >= 0.3 is 12.3 Å². The largest absolute Gasteiger partial charge is 0.444 e. The number of aromatic amines is 1. The maximum absolute atomic E-state index is 13.1. The Morgan fingerprint density at radius 2 is 1.63 bits per heavy atom. The number of aliphatic hydroxyl groups excluding tert-OH is 1. The van der Waals surface area contributed by atoms with Crippen LogP contribution in [0.4, 0.5) is 23.7 Å². The smallest absolute Gasteiger partial charge is 0.416 e. The van der Waals surface area contributed by atoms with Crippen molar-refractivity contribution in [2.24, 2.45) is 5.92 Å². The molecule has 2 atom stereocenters. The van der Waals surface area contributed by atoms with Gasteiger partial charge in [-0.2, -0.15) is 13.2 Å². The third kappa shape index (κ3) is 7.69. The molecule has 1 heterocycles. The lowest BCUT2D eigenvalue weighted by Gasteiger charge is -2.29. The van der Waals surface area contributed by atoms with Crippen LogP contribution in [0.25, 0.3) is 11.3 Å². The van der Waals surface area contributed by atoms with E-state index in [0.717, 1.165) is 0 Å². The summed E-state index contributed by atoms with van der Waals surface area (Å²) in [5.74, 6) is -1.63. The average Bonchev–Trinajstić information content (AvgIpc) is 2.88. The quantitative estimate of drug-likeness (QED) is 0.326. The molecule has 2 amide bonds. The fraction of sp³-hybridized carbons (Fsp3) is 0.296. The third-order valence-corrected chi connectivity index (χ3v) is 5.71. The van der Waals surface area contributed by atoms with Gasteiger partial charge in [0.1, 0.15) is 12.3 Å². The van der Waals surface area contributed by atoms with E-state index in [1.165, 1.54) is 19.9 Å². The molecular formula is C27H28F3N3O5. The number of halogens is 3. The number of rotatable bonds is 9. The second kappa shape index (κ2) is 12.4. The molecular weight excluding hydrogens is 503 g/mol. The highest BCUT2D eigenvalue weighted by atomic mass is 19.4. The molecule has 0 saturated carbocycles. The predicted molar refractivity (Wildman–Crippen MR) is 135 cm³/mol. The molecule has 2 unspecified atom stereocenters. The summed E-state index contributed by atoms with van der Waals surface area (Å²) in [6.45, 7) is 2.78. The highest BCUT2D eigenvalue weighted by Gasteiger charge is 2.45. The third-order valence-electron chi connectivity index (χ3n) is 5.71. The zero-order chi connectivity index (χ0) is 27.9. The van der Waals surface area contributed by atoms with Crippen LogP contribution < -0.4 is 16.2 Å². The van der Waals surface area contributed by atoms with E-state index in [-0.39, 0.29) is 17.9 Å². The fourth-order valence-corrected chi connectivity index (χ4v) is 3.75. The summed E-state index contributed by atoms with van der Waals surface area (Å²) in [7, 11) is 0. The Bertz CT molecular complexity index is 1290. The van der Waals surface area contributed by atoms with Gasteiger partial charge in [-0.15, -0.1) is 0 Å². The van der Waals surface area contributed by atoms with E-state index >= 15 is 0 Å².